The molecule has 2 rings (SSSR count). The highest BCUT2D eigenvalue weighted by Gasteiger charge is 2.25. The molecule has 1 aliphatic heterocycles. The average molecular weight is 369 g/mol. The Morgan fingerprint density at radius 2 is 1.88 bits per heavy atom. The summed E-state index contributed by atoms with van der Waals surface area (Å²) in [7, 11) is 0. The van der Waals surface area contributed by atoms with Gasteiger partial charge in [-0.15, -0.1) is 0 Å². The van der Waals surface area contributed by atoms with Crippen molar-refractivity contribution in [2.24, 2.45) is 0 Å². The smallest absolute Gasteiger partial charge is 0.244 e. The van der Waals surface area contributed by atoms with E-state index in [0.717, 1.165) is 25.2 Å². The lowest BCUT2D eigenvalue weighted by Gasteiger charge is -2.32. The number of quaternary nitrogens is 1. The predicted octanol–water partition coefficient (Wildman–Crippen LogP) is -0.0968. The predicted molar refractivity (Wildman–Crippen MR) is 97.3 cm³/mol. The minimum Gasteiger partial charge on any atom is -0.364 e. The fourth-order valence-corrected chi connectivity index (χ4v) is 3.02. The van der Waals surface area contributed by atoms with Gasteiger partial charge in [0.25, 0.3) is 0 Å². The van der Waals surface area contributed by atoms with Crippen LogP contribution in [-0.4, -0.2) is 42.9 Å². The minimum absolute atomic E-state index is 0.106. The summed E-state index contributed by atoms with van der Waals surface area (Å²) in [6.45, 7) is 7.17. The monoisotopic (exact) mass is 369 g/mol. The van der Waals surface area contributed by atoms with Crippen LogP contribution >= 0.6 is 12.2 Å². The van der Waals surface area contributed by atoms with Crippen molar-refractivity contribution in [3.8, 4) is 0 Å². The number of hydrogen-bond acceptors (Lipinski definition) is 3. The van der Waals surface area contributed by atoms with Crippen LogP contribution in [-0.2, 0) is 16.1 Å². The molecule has 1 aliphatic rings. The first-order valence-electron chi connectivity index (χ1n) is 8.48. The van der Waals surface area contributed by atoms with Crippen LogP contribution < -0.4 is 21.1 Å². The molecule has 1 heterocycles. The van der Waals surface area contributed by atoms with Gasteiger partial charge in [0.05, 0.1) is 13.0 Å². The summed E-state index contributed by atoms with van der Waals surface area (Å²) in [5, 5.41) is 3.27. The molecule has 138 valence electrons. The molecular formula is C17H26FN4O2S+. The van der Waals surface area contributed by atoms with E-state index in [1.54, 1.807) is 12.1 Å². The van der Waals surface area contributed by atoms with E-state index in [4.69, 9.17) is 17.0 Å². The molecule has 1 amide bonds. The van der Waals surface area contributed by atoms with E-state index in [1.165, 1.54) is 17.0 Å². The van der Waals surface area contributed by atoms with E-state index in [9.17, 15) is 9.18 Å². The van der Waals surface area contributed by atoms with Crippen molar-refractivity contribution >= 4 is 23.2 Å². The maximum absolute atomic E-state index is 12.8. The second kappa shape index (κ2) is 9.65. The average Bonchev–Trinajstić information content (AvgIpc) is 2.57. The van der Waals surface area contributed by atoms with Crippen molar-refractivity contribution in [1.29, 1.82) is 0 Å². The van der Waals surface area contributed by atoms with Crippen molar-refractivity contribution in [2.45, 2.75) is 39.0 Å². The zero-order valence-electron chi connectivity index (χ0n) is 14.6. The van der Waals surface area contributed by atoms with Crippen LogP contribution in [0.3, 0.4) is 0 Å². The summed E-state index contributed by atoms with van der Waals surface area (Å²) in [6, 6.07) is 6.14. The van der Waals surface area contributed by atoms with E-state index in [0.29, 0.717) is 18.1 Å². The number of ether oxygens (including phenoxy) is 1. The first-order chi connectivity index (χ1) is 11.9. The fraction of sp³-hybridized carbons (Fsp3) is 0.529. The molecule has 0 bridgehead atoms. The molecule has 1 aromatic carbocycles. The lowest BCUT2D eigenvalue weighted by molar-refractivity contribution is -0.914. The Bertz CT molecular complexity index is 575. The number of benzene rings is 1. The lowest BCUT2D eigenvalue weighted by Crippen LogP contribution is -3.15. The fourth-order valence-electron chi connectivity index (χ4n) is 2.90. The van der Waals surface area contributed by atoms with E-state index >= 15 is 0 Å². The maximum Gasteiger partial charge on any atom is 0.244 e. The van der Waals surface area contributed by atoms with Gasteiger partial charge in [-0.25, -0.2) is 4.39 Å². The highest BCUT2D eigenvalue weighted by molar-refractivity contribution is 7.80. The SMILES string of the molecule is C[C@@H]1C[NH+](CCC(=O)NNC(=S)NCc2ccc(F)cc2)C[C@H](C)O1. The Balaban J connectivity index is 1.60. The number of halogens is 1. The second-order valence-electron chi connectivity index (χ2n) is 6.40. The number of rotatable bonds is 5. The van der Waals surface area contributed by atoms with Gasteiger partial charge in [-0.2, -0.15) is 0 Å². The van der Waals surface area contributed by atoms with Crippen LogP contribution in [0.1, 0.15) is 25.8 Å². The number of hydrazine groups is 1. The van der Waals surface area contributed by atoms with Crippen LogP contribution in [0, 0.1) is 5.82 Å². The van der Waals surface area contributed by atoms with E-state index in [-0.39, 0.29) is 23.9 Å². The van der Waals surface area contributed by atoms with Gasteiger partial charge in [0, 0.05) is 6.54 Å². The Kier molecular flexibility index (Phi) is 7.54. The molecule has 4 N–H and O–H groups in total. The molecular weight excluding hydrogens is 343 g/mol. The van der Waals surface area contributed by atoms with Crippen molar-refractivity contribution in [1.82, 2.24) is 16.2 Å². The van der Waals surface area contributed by atoms with Gasteiger partial charge in [-0.1, -0.05) is 12.1 Å². The molecule has 0 spiro atoms. The van der Waals surface area contributed by atoms with Gasteiger partial charge in [0.1, 0.15) is 31.1 Å². The van der Waals surface area contributed by atoms with Crippen molar-refractivity contribution in [2.75, 3.05) is 19.6 Å². The maximum atomic E-state index is 12.8. The molecule has 0 aromatic heterocycles. The third-order valence-corrected chi connectivity index (χ3v) is 4.25. The van der Waals surface area contributed by atoms with Gasteiger partial charge >= 0.3 is 0 Å². The normalized spacial score (nSPS) is 22.9. The number of amides is 1. The van der Waals surface area contributed by atoms with E-state index in [2.05, 4.69) is 30.0 Å². The van der Waals surface area contributed by atoms with Gasteiger partial charge in [-0.3, -0.25) is 15.6 Å². The highest BCUT2D eigenvalue weighted by atomic mass is 32.1. The largest absolute Gasteiger partial charge is 0.364 e. The molecule has 1 aromatic rings. The molecule has 1 saturated heterocycles. The molecule has 1 fully saturated rings. The number of nitrogens with one attached hydrogen (secondary N) is 4. The van der Waals surface area contributed by atoms with Gasteiger partial charge in [0.15, 0.2) is 5.11 Å². The number of carbonyl (C=O) groups is 1. The van der Waals surface area contributed by atoms with Crippen molar-refractivity contribution < 1.29 is 18.8 Å². The third kappa shape index (κ3) is 7.33. The summed E-state index contributed by atoms with van der Waals surface area (Å²) in [5.74, 6) is -0.381. The minimum atomic E-state index is -0.275. The van der Waals surface area contributed by atoms with Crippen LogP contribution in [0.15, 0.2) is 24.3 Å². The standard InChI is InChI=1S/C17H25FN4O2S/c1-12-10-22(11-13(2)24-12)8-7-16(23)20-21-17(25)19-9-14-3-5-15(18)6-4-14/h3-6,12-13H,7-11H2,1-2H3,(H,20,23)(H2,19,21,25)/p+1/t12-,13+. The molecule has 1 unspecified atom stereocenters. The summed E-state index contributed by atoms with van der Waals surface area (Å²) in [5.41, 5.74) is 6.17. The molecule has 8 heteroatoms. The van der Waals surface area contributed by atoms with E-state index < -0.39 is 0 Å². The second-order valence-corrected chi connectivity index (χ2v) is 6.81. The molecule has 0 aliphatic carbocycles. The topological polar surface area (TPSA) is 66.8 Å². The summed E-state index contributed by atoms with van der Waals surface area (Å²) >= 11 is 5.10. The Hall–Kier alpha value is -1.77. The molecule has 0 saturated carbocycles. The zero-order valence-corrected chi connectivity index (χ0v) is 15.4. The molecule has 25 heavy (non-hydrogen) atoms. The van der Waals surface area contributed by atoms with Gasteiger partial charge < -0.3 is 15.0 Å². The molecule has 0 radical (unpaired) electrons. The van der Waals surface area contributed by atoms with Crippen LogP contribution in [0.25, 0.3) is 0 Å². The first-order valence-corrected chi connectivity index (χ1v) is 8.89. The number of hydrogen-bond donors (Lipinski definition) is 4. The van der Waals surface area contributed by atoms with Crippen LogP contribution in [0.4, 0.5) is 4.39 Å². The lowest BCUT2D eigenvalue weighted by atomic mass is 10.2. The van der Waals surface area contributed by atoms with Crippen LogP contribution in [0.5, 0.6) is 0 Å². The Morgan fingerprint density at radius 1 is 1.24 bits per heavy atom. The number of morpholine rings is 1. The molecule has 6 nitrogen and oxygen atoms in total. The summed E-state index contributed by atoms with van der Waals surface area (Å²) < 4.78 is 18.5. The number of carbonyl (C=O) groups excluding carboxylic acids is 1. The van der Waals surface area contributed by atoms with Gasteiger partial charge in [-0.05, 0) is 43.8 Å². The Morgan fingerprint density at radius 3 is 2.52 bits per heavy atom. The van der Waals surface area contributed by atoms with E-state index in [1.807, 2.05) is 0 Å². The molecule has 3 atom stereocenters. The van der Waals surface area contributed by atoms with Crippen LogP contribution in [0.2, 0.25) is 0 Å². The van der Waals surface area contributed by atoms with Crippen molar-refractivity contribution in [3.05, 3.63) is 35.6 Å². The quantitative estimate of drug-likeness (QED) is 0.431. The first kappa shape index (κ1) is 19.6. The highest BCUT2D eigenvalue weighted by Crippen LogP contribution is 2.01. The summed E-state index contributed by atoms with van der Waals surface area (Å²) in [6.07, 6.45) is 0.869. The van der Waals surface area contributed by atoms with Crippen molar-refractivity contribution in [3.63, 3.8) is 0 Å². The van der Waals surface area contributed by atoms with Gasteiger partial charge in [0.2, 0.25) is 5.91 Å². The number of thiocarbonyl (C=S) groups is 1. The summed E-state index contributed by atoms with van der Waals surface area (Å²) in [4.78, 5) is 13.3. The zero-order chi connectivity index (χ0) is 18.2. The third-order valence-electron chi connectivity index (χ3n) is 4.00. The Labute approximate surface area is 153 Å².